The average Bonchev–Trinajstić information content (AvgIpc) is 2.35. The van der Waals surface area contributed by atoms with Crippen molar-refractivity contribution >= 4 is 17.8 Å². The highest BCUT2D eigenvalue weighted by Crippen LogP contribution is 2.30. The minimum Gasteiger partial charge on any atom is -0.481 e. The molecular weight excluding hydrogens is 236 g/mol. The van der Waals surface area contributed by atoms with Crippen LogP contribution in [0.4, 0.5) is 0 Å². The predicted octanol–water partition coefficient (Wildman–Crippen LogP) is 0.520. The molecule has 0 radical (unpaired) electrons. The average molecular weight is 258 g/mol. The number of hydrogen-bond acceptors (Lipinski definition) is 3. The molecule has 0 saturated heterocycles. The lowest BCUT2D eigenvalue weighted by Crippen LogP contribution is -2.38. The highest BCUT2D eigenvalue weighted by atomic mass is 16.4. The van der Waals surface area contributed by atoms with Gasteiger partial charge in [0.15, 0.2) is 0 Å². The van der Waals surface area contributed by atoms with Crippen LogP contribution in [0.1, 0.15) is 39.5 Å². The van der Waals surface area contributed by atoms with Crippen LogP contribution in [0.2, 0.25) is 0 Å². The Labute approximate surface area is 107 Å². The van der Waals surface area contributed by atoms with Gasteiger partial charge in [0.05, 0.1) is 5.41 Å². The molecular formula is C12H22N2O4. The Balaban J connectivity index is 4.28. The number of carbonyl (C=O) groups excluding carboxylic acids is 2. The third kappa shape index (κ3) is 4.73. The van der Waals surface area contributed by atoms with E-state index in [2.05, 4.69) is 10.6 Å². The number of amides is 2. The molecule has 18 heavy (non-hydrogen) atoms. The Morgan fingerprint density at radius 3 is 2.06 bits per heavy atom. The van der Waals surface area contributed by atoms with Crippen LogP contribution < -0.4 is 10.6 Å². The monoisotopic (exact) mass is 258 g/mol. The van der Waals surface area contributed by atoms with Crippen LogP contribution in [-0.4, -0.2) is 36.5 Å². The lowest BCUT2D eigenvalue weighted by molar-refractivity contribution is -0.152. The van der Waals surface area contributed by atoms with E-state index >= 15 is 0 Å². The number of rotatable bonds is 8. The standard InChI is InChI=1S/C12H22N2O4/c1-4-12(5-2,11(17)18)8-10(16)14-7-6-9(15)13-3/h4-8H2,1-3H3,(H,13,15)(H,14,16)(H,17,18). The van der Waals surface area contributed by atoms with E-state index in [4.69, 9.17) is 0 Å². The van der Waals surface area contributed by atoms with Gasteiger partial charge in [-0.2, -0.15) is 0 Å². The first-order valence-electron chi connectivity index (χ1n) is 6.12. The molecule has 6 heteroatoms. The molecule has 104 valence electrons. The number of carbonyl (C=O) groups is 3. The fourth-order valence-corrected chi connectivity index (χ4v) is 1.69. The molecule has 0 aromatic rings. The molecule has 0 bridgehead atoms. The van der Waals surface area contributed by atoms with Gasteiger partial charge >= 0.3 is 5.97 Å². The van der Waals surface area contributed by atoms with Crippen LogP contribution in [0, 0.1) is 5.41 Å². The molecule has 6 nitrogen and oxygen atoms in total. The second kappa shape index (κ2) is 7.68. The Morgan fingerprint density at radius 1 is 1.11 bits per heavy atom. The van der Waals surface area contributed by atoms with E-state index in [0.29, 0.717) is 12.8 Å². The Hall–Kier alpha value is -1.59. The highest BCUT2D eigenvalue weighted by Gasteiger charge is 2.36. The van der Waals surface area contributed by atoms with E-state index in [-0.39, 0.29) is 31.2 Å². The smallest absolute Gasteiger partial charge is 0.310 e. The van der Waals surface area contributed by atoms with Gasteiger partial charge in [-0.05, 0) is 12.8 Å². The van der Waals surface area contributed by atoms with Gasteiger partial charge in [-0.1, -0.05) is 13.8 Å². The first-order valence-corrected chi connectivity index (χ1v) is 6.12. The van der Waals surface area contributed by atoms with E-state index in [1.165, 1.54) is 7.05 Å². The SMILES string of the molecule is CCC(CC)(CC(=O)NCCC(=O)NC)C(=O)O. The number of nitrogens with one attached hydrogen (secondary N) is 2. The summed E-state index contributed by atoms with van der Waals surface area (Å²) in [6, 6.07) is 0. The van der Waals surface area contributed by atoms with E-state index in [1.807, 2.05) is 0 Å². The quantitative estimate of drug-likeness (QED) is 0.591. The second-order valence-electron chi connectivity index (χ2n) is 4.24. The predicted molar refractivity (Wildman–Crippen MR) is 67.0 cm³/mol. The summed E-state index contributed by atoms with van der Waals surface area (Å²) in [5.41, 5.74) is -1.00. The summed E-state index contributed by atoms with van der Waals surface area (Å²) < 4.78 is 0. The molecule has 0 heterocycles. The van der Waals surface area contributed by atoms with Crippen molar-refractivity contribution in [2.45, 2.75) is 39.5 Å². The number of hydrogen-bond donors (Lipinski definition) is 3. The molecule has 0 aliphatic rings. The third-order valence-electron chi connectivity index (χ3n) is 3.26. The van der Waals surface area contributed by atoms with Gasteiger partial charge in [0.2, 0.25) is 11.8 Å². The van der Waals surface area contributed by atoms with Crippen molar-refractivity contribution in [2.24, 2.45) is 5.41 Å². The Morgan fingerprint density at radius 2 is 1.67 bits per heavy atom. The summed E-state index contributed by atoms with van der Waals surface area (Å²) in [7, 11) is 1.52. The second-order valence-corrected chi connectivity index (χ2v) is 4.24. The van der Waals surface area contributed by atoms with E-state index in [0.717, 1.165) is 0 Å². The molecule has 0 unspecified atom stereocenters. The zero-order valence-corrected chi connectivity index (χ0v) is 11.2. The third-order valence-corrected chi connectivity index (χ3v) is 3.26. The summed E-state index contributed by atoms with van der Waals surface area (Å²) in [4.78, 5) is 33.8. The van der Waals surface area contributed by atoms with Crippen LogP contribution in [0.3, 0.4) is 0 Å². The van der Waals surface area contributed by atoms with Crippen LogP contribution in [0.15, 0.2) is 0 Å². The van der Waals surface area contributed by atoms with E-state index in [1.54, 1.807) is 13.8 Å². The van der Waals surface area contributed by atoms with Gasteiger partial charge in [0, 0.05) is 26.4 Å². The van der Waals surface area contributed by atoms with Crippen molar-refractivity contribution in [3.63, 3.8) is 0 Å². The van der Waals surface area contributed by atoms with Crippen LogP contribution >= 0.6 is 0 Å². The molecule has 0 rings (SSSR count). The summed E-state index contributed by atoms with van der Waals surface area (Å²) >= 11 is 0. The zero-order chi connectivity index (χ0) is 14.2. The van der Waals surface area contributed by atoms with Crippen molar-refractivity contribution in [1.29, 1.82) is 0 Å². The summed E-state index contributed by atoms with van der Waals surface area (Å²) in [5, 5.41) is 14.2. The molecule has 2 amide bonds. The van der Waals surface area contributed by atoms with Gasteiger partial charge in [-0.25, -0.2) is 0 Å². The van der Waals surface area contributed by atoms with Crippen molar-refractivity contribution in [3.8, 4) is 0 Å². The number of aliphatic carboxylic acids is 1. The molecule has 0 fully saturated rings. The fraction of sp³-hybridized carbons (Fsp3) is 0.750. The van der Waals surface area contributed by atoms with E-state index in [9.17, 15) is 19.5 Å². The van der Waals surface area contributed by atoms with Crippen LogP contribution in [0.5, 0.6) is 0 Å². The molecule has 0 aliphatic heterocycles. The van der Waals surface area contributed by atoms with Crippen molar-refractivity contribution in [3.05, 3.63) is 0 Å². The molecule has 0 aromatic carbocycles. The maximum atomic E-state index is 11.6. The van der Waals surface area contributed by atoms with Crippen molar-refractivity contribution < 1.29 is 19.5 Å². The van der Waals surface area contributed by atoms with Gasteiger partial charge in [-0.15, -0.1) is 0 Å². The largest absolute Gasteiger partial charge is 0.481 e. The van der Waals surface area contributed by atoms with Gasteiger partial charge < -0.3 is 15.7 Å². The van der Waals surface area contributed by atoms with Crippen molar-refractivity contribution in [1.82, 2.24) is 10.6 Å². The maximum Gasteiger partial charge on any atom is 0.310 e. The Bertz CT molecular complexity index is 311. The van der Waals surface area contributed by atoms with E-state index < -0.39 is 11.4 Å². The molecule has 0 saturated carbocycles. The van der Waals surface area contributed by atoms with Crippen LogP contribution in [0.25, 0.3) is 0 Å². The summed E-state index contributed by atoms with van der Waals surface area (Å²) in [6.07, 6.45) is 0.951. The molecule has 0 aliphatic carbocycles. The van der Waals surface area contributed by atoms with Gasteiger partial charge in [0.25, 0.3) is 0 Å². The number of carboxylic acids is 1. The molecule has 0 atom stereocenters. The first-order chi connectivity index (χ1) is 8.41. The Kier molecular flexibility index (Phi) is 7.00. The summed E-state index contributed by atoms with van der Waals surface area (Å²) in [5.74, 6) is -1.44. The molecule has 0 spiro atoms. The topological polar surface area (TPSA) is 95.5 Å². The fourth-order valence-electron chi connectivity index (χ4n) is 1.69. The maximum absolute atomic E-state index is 11.6. The van der Waals surface area contributed by atoms with Crippen LogP contribution in [-0.2, 0) is 14.4 Å². The lowest BCUT2D eigenvalue weighted by atomic mass is 9.79. The normalized spacial score (nSPS) is 10.8. The van der Waals surface area contributed by atoms with Crippen molar-refractivity contribution in [2.75, 3.05) is 13.6 Å². The number of carboxylic acid groups (broad SMARTS) is 1. The molecule has 3 N–H and O–H groups in total. The highest BCUT2D eigenvalue weighted by molar-refractivity contribution is 5.85. The van der Waals surface area contributed by atoms with Gasteiger partial charge in [0.1, 0.15) is 0 Å². The summed E-state index contributed by atoms with van der Waals surface area (Å²) in [6.45, 7) is 3.74. The molecule has 0 aromatic heterocycles. The minimum absolute atomic E-state index is 0.0525. The zero-order valence-electron chi connectivity index (χ0n) is 11.2. The van der Waals surface area contributed by atoms with Gasteiger partial charge in [-0.3, -0.25) is 14.4 Å². The lowest BCUT2D eigenvalue weighted by Gasteiger charge is -2.25. The minimum atomic E-state index is -1.00. The first kappa shape index (κ1) is 16.4.